The Balaban J connectivity index is 2.53. The molecule has 0 aromatic heterocycles. The lowest BCUT2D eigenvalue weighted by Crippen LogP contribution is -1.79. The maximum absolute atomic E-state index is 10.2. The molecule has 0 fully saturated rings. The fourth-order valence-corrected chi connectivity index (χ4v) is 1.59. The minimum Gasteiger partial charge on any atom is -0.237 e. The van der Waals surface area contributed by atoms with Crippen molar-refractivity contribution in [3.8, 4) is 0 Å². The largest absolute Gasteiger partial charge is 0.237 e. The van der Waals surface area contributed by atoms with Gasteiger partial charge >= 0.3 is 0 Å². The van der Waals surface area contributed by atoms with Crippen LogP contribution in [-0.4, -0.2) is 6.61 Å². The molecule has 0 atom stereocenters. The van der Waals surface area contributed by atoms with Gasteiger partial charge in [-0.25, -0.2) is 5.11 Å². The molecule has 0 saturated carbocycles. The lowest BCUT2D eigenvalue weighted by atomic mass is 10.1. The van der Waals surface area contributed by atoms with Crippen LogP contribution >= 0.6 is 23.2 Å². The van der Waals surface area contributed by atoms with Gasteiger partial charge in [0.2, 0.25) is 0 Å². The standard InChI is InChI=1S/C12H13Cl2O/c13-11-8-5-7-10(12(11)14)6-3-1-2-4-9-15/h3,5-8H,1-2,4,9H2. The molecule has 1 aromatic carbocycles. The lowest BCUT2D eigenvalue weighted by Gasteiger charge is -1.99. The second-order valence-corrected chi connectivity index (χ2v) is 4.03. The van der Waals surface area contributed by atoms with Crippen molar-refractivity contribution in [1.82, 2.24) is 0 Å². The minimum absolute atomic E-state index is 0.00572. The van der Waals surface area contributed by atoms with Gasteiger partial charge in [-0.3, -0.25) is 0 Å². The zero-order valence-corrected chi connectivity index (χ0v) is 9.89. The number of benzene rings is 1. The van der Waals surface area contributed by atoms with E-state index in [4.69, 9.17) is 23.2 Å². The maximum atomic E-state index is 10.2. The highest BCUT2D eigenvalue weighted by atomic mass is 35.5. The van der Waals surface area contributed by atoms with E-state index >= 15 is 0 Å². The molecule has 1 aromatic rings. The summed E-state index contributed by atoms with van der Waals surface area (Å²) in [6, 6.07) is 5.54. The van der Waals surface area contributed by atoms with Crippen molar-refractivity contribution in [2.75, 3.05) is 6.61 Å². The summed E-state index contributed by atoms with van der Waals surface area (Å²) < 4.78 is 0. The Labute approximate surface area is 100 Å². The van der Waals surface area contributed by atoms with Gasteiger partial charge in [0, 0.05) is 0 Å². The molecule has 0 heterocycles. The highest BCUT2D eigenvalue weighted by Crippen LogP contribution is 2.26. The van der Waals surface area contributed by atoms with Crippen LogP contribution in [-0.2, 0) is 5.11 Å². The summed E-state index contributed by atoms with van der Waals surface area (Å²) in [6.07, 6.45) is 6.53. The van der Waals surface area contributed by atoms with Gasteiger partial charge in [0.1, 0.15) is 0 Å². The molecule has 0 bridgehead atoms. The predicted molar refractivity (Wildman–Crippen MR) is 64.9 cm³/mol. The summed E-state index contributed by atoms with van der Waals surface area (Å²) >= 11 is 11.9. The van der Waals surface area contributed by atoms with E-state index in [9.17, 15) is 5.11 Å². The van der Waals surface area contributed by atoms with Crippen LogP contribution in [0.4, 0.5) is 0 Å². The van der Waals surface area contributed by atoms with Crippen LogP contribution in [0.3, 0.4) is 0 Å². The van der Waals surface area contributed by atoms with Gasteiger partial charge in [-0.1, -0.05) is 47.5 Å². The molecule has 81 valence electrons. The molecule has 0 aliphatic rings. The average molecular weight is 244 g/mol. The predicted octanol–water partition coefficient (Wildman–Crippen LogP) is 4.61. The van der Waals surface area contributed by atoms with Gasteiger partial charge < -0.3 is 0 Å². The van der Waals surface area contributed by atoms with E-state index in [1.165, 1.54) is 0 Å². The molecule has 0 amide bonds. The molecular formula is C12H13Cl2O. The maximum Gasteiger partial charge on any atom is 0.0822 e. The molecular weight excluding hydrogens is 231 g/mol. The fraction of sp³-hybridized carbons (Fsp3) is 0.333. The van der Waals surface area contributed by atoms with E-state index in [-0.39, 0.29) is 6.61 Å². The van der Waals surface area contributed by atoms with Crippen molar-refractivity contribution >= 4 is 29.3 Å². The van der Waals surface area contributed by atoms with Crippen molar-refractivity contribution in [2.24, 2.45) is 0 Å². The Kier molecular flexibility index (Phi) is 5.77. The summed E-state index contributed by atoms with van der Waals surface area (Å²) in [7, 11) is 0. The number of hydrogen-bond acceptors (Lipinski definition) is 0. The van der Waals surface area contributed by atoms with Crippen LogP contribution in [0, 0.1) is 0 Å². The first-order valence-corrected chi connectivity index (χ1v) is 5.70. The topological polar surface area (TPSA) is 19.9 Å². The average Bonchev–Trinajstić information content (AvgIpc) is 2.24. The molecule has 0 spiro atoms. The van der Waals surface area contributed by atoms with Crippen molar-refractivity contribution in [3.05, 3.63) is 39.9 Å². The van der Waals surface area contributed by atoms with E-state index < -0.39 is 0 Å². The Morgan fingerprint density at radius 2 is 2.00 bits per heavy atom. The van der Waals surface area contributed by atoms with Crippen LogP contribution in [0.5, 0.6) is 0 Å². The Morgan fingerprint density at radius 3 is 2.73 bits per heavy atom. The lowest BCUT2D eigenvalue weighted by molar-refractivity contribution is 0.187. The molecule has 0 aliphatic carbocycles. The third-order valence-corrected chi connectivity index (χ3v) is 2.88. The van der Waals surface area contributed by atoms with Gasteiger partial charge in [0.15, 0.2) is 0 Å². The van der Waals surface area contributed by atoms with Crippen molar-refractivity contribution in [1.29, 1.82) is 0 Å². The zero-order valence-electron chi connectivity index (χ0n) is 8.38. The number of allylic oxidation sites excluding steroid dienone is 1. The first-order valence-electron chi connectivity index (χ1n) is 4.94. The Bertz CT molecular complexity index is 334. The van der Waals surface area contributed by atoms with Crippen LogP contribution in [0.1, 0.15) is 24.8 Å². The summed E-state index contributed by atoms with van der Waals surface area (Å²) in [6.45, 7) is 0.00572. The summed E-state index contributed by atoms with van der Waals surface area (Å²) in [5.41, 5.74) is 0.922. The molecule has 1 nitrogen and oxygen atoms in total. The monoisotopic (exact) mass is 243 g/mol. The first kappa shape index (κ1) is 12.6. The number of unbranched alkanes of at least 4 members (excludes halogenated alkanes) is 2. The molecule has 1 radical (unpaired) electrons. The number of rotatable bonds is 5. The normalized spacial score (nSPS) is 11.1. The van der Waals surface area contributed by atoms with Gasteiger partial charge in [0.25, 0.3) is 0 Å². The third kappa shape index (κ3) is 4.25. The third-order valence-electron chi connectivity index (χ3n) is 2.04. The van der Waals surface area contributed by atoms with Crippen LogP contribution < -0.4 is 0 Å². The van der Waals surface area contributed by atoms with Gasteiger partial charge in [-0.15, -0.1) is 0 Å². The summed E-state index contributed by atoms with van der Waals surface area (Å²) in [4.78, 5) is 0. The Hall–Kier alpha value is -0.500. The highest BCUT2D eigenvalue weighted by Gasteiger charge is 1.99. The highest BCUT2D eigenvalue weighted by molar-refractivity contribution is 6.42. The molecule has 0 N–H and O–H groups in total. The van der Waals surface area contributed by atoms with E-state index in [2.05, 4.69) is 0 Å². The SMILES string of the molecule is [O]CCCCC=Cc1cccc(Cl)c1Cl. The molecule has 3 heteroatoms. The quantitative estimate of drug-likeness (QED) is 0.674. The first-order chi connectivity index (χ1) is 7.25. The van der Waals surface area contributed by atoms with Gasteiger partial charge in [-0.05, 0) is 30.9 Å². The van der Waals surface area contributed by atoms with Gasteiger partial charge in [-0.2, -0.15) is 0 Å². The second kappa shape index (κ2) is 6.89. The van der Waals surface area contributed by atoms with Crippen molar-refractivity contribution < 1.29 is 5.11 Å². The van der Waals surface area contributed by atoms with E-state index in [0.29, 0.717) is 10.0 Å². The second-order valence-electron chi connectivity index (χ2n) is 3.25. The van der Waals surface area contributed by atoms with Gasteiger partial charge in [0.05, 0.1) is 16.7 Å². The number of halogens is 2. The smallest absolute Gasteiger partial charge is 0.0822 e. The molecule has 0 saturated heterocycles. The molecule has 15 heavy (non-hydrogen) atoms. The van der Waals surface area contributed by atoms with Crippen LogP contribution in [0.2, 0.25) is 10.0 Å². The minimum atomic E-state index is 0.00572. The van der Waals surface area contributed by atoms with E-state index in [1.54, 1.807) is 6.07 Å². The number of hydrogen-bond donors (Lipinski definition) is 0. The molecule has 0 unspecified atom stereocenters. The molecule has 1 rings (SSSR count). The van der Waals surface area contributed by atoms with Crippen molar-refractivity contribution in [3.63, 3.8) is 0 Å². The van der Waals surface area contributed by atoms with Crippen molar-refractivity contribution in [2.45, 2.75) is 19.3 Å². The van der Waals surface area contributed by atoms with Crippen LogP contribution in [0.15, 0.2) is 24.3 Å². The summed E-state index contributed by atoms with van der Waals surface area (Å²) in [5, 5.41) is 11.3. The fourth-order valence-electron chi connectivity index (χ4n) is 1.22. The van der Waals surface area contributed by atoms with E-state index in [0.717, 1.165) is 24.8 Å². The van der Waals surface area contributed by atoms with E-state index in [1.807, 2.05) is 24.3 Å². The summed E-state index contributed by atoms with van der Waals surface area (Å²) in [5.74, 6) is 0. The zero-order chi connectivity index (χ0) is 11.1. The molecule has 0 aliphatic heterocycles. The van der Waals surface area contributed by atoms with Crippen LogP contribution in [0.25, 0.3) is 6.08 Å². The Morgan fingerprint density at radius 1 is 1.20 bits per heavy atom.